The SMILES string of the molecule is O=C(NCc1cccc(CN(Cc2cc3ccccc3[nH]2)C2CCCc3cccnc32)c1)c1ccnc(Cl)c1. The summed E-state index contributed by atoms with van der Waals surface area (Å²) in [6.45, 7) is 2.00. The van der Waals surface area contributed by atoms with Gasteiger partial charge in [-0.2, -0.15) is 0 Å². The summed E-state index contributed by atoms with van der Waals surface area (Å²) < 4.78 is 0. The number of aromatic amines is 1. The quantitative estimate of drug-likeness (QED) is 0.219. The van der Waals surface area contributed by atoms with Crippen molar-refractivity contribution in [2.75, 3.05) is 0 Å². The molecule has 2 N–H and O–H groups in total. The van der Waals surface area contributed by atoms with E-state index in [0.717, 1.165) is 43.4 Å². The number of nitrogens with zero attached hydrogens (tertiary/aromatic N) is 3. The van der Waals surface area contributed by atoms with Crippen LogP contribution in [0.15, 0.2) is 91.3 Å². The first kappa shape index (κ1) is 25.3. The zero-order valence-electron chi connectivity index (χ0n) is 21.6. The van der Waals surface area contributed by atoms with Gasteiger partial charge in [0.15, 0.2) is 0 Å². The van der Waals surface area contributed by atoms with Gasteiger partial charge in [-0.25, -0.2) is 4.98 Å². The highest BCUT2D eigenvalue weighted by molar-refractivity contribution is 6.29. The lowest BCUT2D eigenvalue weighted by Gasteiger charge is -2.35. The van der Waals surface area contributed by atoms with Crippen molar-refractivity contribution in [1.82, 2.24) is 25.2 Å². The van der Waals surface area contributed by atoms with Crippen molar-refractivity contribution >= 4 is 28.4 Å². The molecule has 196 valence electrons. The Labute approximate surface area is 233 Å². The van der Waals surface area contributed by atoms with E-state index >= 15 is 0 Å². The van der Waals surface area contributed by atoms with Crippen LogP contribution < -0.4 is 5.32 Å². The molecule has 1 aliphatic rings. The number of fused-ring (bicyclic) bond motifs is 2. The molecule has 0 spiro atoms. The summed E-state index contributed by atoms with van der Waals surface area (Å²) in [7, 11) is 0. The number of amides is 1. The van der Waals surface area contributed by atoms with E-state index in [2.05, 4.69) is 74.8 Å². The summed E-state index contributed by atoms with van der Waals surface area (Å²) in [5.41, 5.74) is 7.64. The van der Waals surface area contributed by atoms with Gasteiger partial charge < -0.3 is 10.3 Å². The molecule has 1 amide bonds. The first-order valence-electron chi connectivity index (χ1n) is 13.3. The highest BCUT2D eigenvalue weighted by Gasteiger charge is 2.28. The Morgan fingerprint density at radius 2 is 1.85 bits per heavy atom. The summed E-state index contributed by atoms with van der Waals surface area (Å²) in [6.07, 6.45) is 6.76. The largest absolute Gasteiger partial charge is 0.357 e. The zero-order chi connectivity index (χ0) is 26.6. The average Bonchev–Trinajstić information content (AvgIpc) is 3.38. The molecule has 1 aliphatic carbocycles. The Kier molecular flexibility index (Phi) is 7.39. The van der Waals surface area contributed by atoms with Crippen LogP contribution in [0.1, 0.15) is 57.3 Å². The Morgan fingerprint density at radius 1 is 0.949 bits per heavy atom. The van der Waals surface area contributed by atoms with E-state index in [-0.39, 0.29) is 11.9 Å². The van der Waals surface area contributed by atoms with E-state index in [1.807, 2.05) is 18.3 Å². The molecule has 5 aromatic rings. The highest BCUT2D eigenvalue weighted by Crippen LogP contribution is 2.35. The van der Waals surface area contributed by atoms with Crippen LogP contribution >= 0.6 is 11.6 Å². The van der Waals surface area contributed by atoms with Crippen molar-refractivity contribution in [3.8, 4) is 0 Å². The minimum absolute atomic E-state index is 0.171. The summed E-state index contributed by atoms with van der Waals surface area (Å²) in [4.78, 5) is 27.6. The maximum Gasteiger partial charge on any atom is 0.251 e. The van der Waals surface area contributed by atoms with Crippen LogP contribution in [0.4, 0.5) is 0 Å². The standard InChI is InChI=1S/C32H30ClN5O/c33-30-18-26(13-15-34-30)32(39)36-19-22-6-3-7-23(16-22)20-38(21-27-17-25-8-1-2-11-28(25)37-27)29-12-4-9-24-10-5-14-35-31(24)29/h1-3,5-8,10-11,13-18,29,37H,4,9,12,19-21H2,(H,36,39). The van der Waals surface area contributed by atoms with Gasteiger partial charge in [0.1, 0.15) is 5.15 Å². The van der Waals surface area contributed by atoms with Gasteiger partial charge >= 0.3 is 0 Å². The van der Waals surface area contributed by atoms with Crippen LogP contribution in [-0.4, -0.2) is 25.8 Å². The molecule has 0 radical (unpaired) electrons. The Morgan fingerprint density at radius 3 is 2.74 bits per heavy atom. The molecule has 0 saturated carbocycles. The van der Waals surface area contributed by atoms with Crippen LogP contribution in [0.5, 0.6) is 0 Å². The molecular weight excluding hydrogens is 506 g/mol. The second kappa shape index (κ2) is 11.4. The first-order valence-corrected chi connectivity index (χ1v) is 13.7. The van der Waals surface area contributed by atoms with Crippen LogP contribution in [0, 0.1) is 0 Å². The summed E-state index contributed by atoms with van der Waals surface area (Å²) >= 11 is 5.95. The second-order valence-electron chi connectivity index (χ2n) is 10.1. The number of carbonyl (C=O) groups is 1. The van der Waals surface area contributed by atoms with Crippen LogP contribution in [0.3, 0.4) is 0 Å². The van der Waals surface area contributed by atoms with E-state index in [1.54, 1.807) is 12.1 Å². The van der Waals surface area contributed by atoms with Gasteiger partial charge in [0, 0.05) is 48.8 Å². The van der Waals surface area contributed by atoms with Crippen LogP contribution in [0.25, 0.3) is 10.9 Å². The van der Waals surface area contributed by atoms with Gasteiger partial charge in [0.25, 0.3) is 5.91 Å². The number of H-pyrrole nitrogens is 1. The number of aryl methyl sites for hydroxylation is 1. The molecule has 3 aromatic heterocycles. The molecular formula is C32H30ClN5O. The number of carbonyl (C=O) groups excluding carboxylic acids is 1. The van der Waals surface area contributed by atoms with E-state index in [9.17, 15) is 4.79 Å². The molecule has 0 bridgehead atoms. The van der Waals surface area contributed by atoms with Crippen molar-refractivity contribution in [2.24, 2.45) is 0 Å². The highest BCUT2D eigenvalue weighted by atomic mass is 35.5. The topological polar surface area (TPSA) is 73.9 Å². The number of nitrogens with one attached hydrogen (secondary N) is 2. The zero-order valence-corrected chi connectivity index (χ0v) is 22.4. The van der Waals surface area contributed by atoms with Gasteiger partial charge in [-0.05, 0) is 71.7 Å². The van der Waals surface area contributed by atoms with E-state index in [0.29, 0.717) is 17.3 Å². The predicted molar refractivity (Wildman–Crippen MR) is 154 cm³/mol. The van der Waals surface area contributed by atoms with Gasteiger partial charge in [-0.1, -0.05) is 60.1 Å². The van der Waals surface area contributed by atoms with E-state index < -0.39 is 0 Å². The van der Waals surface area contributed by atoms with Crippen LogP contribution in [0.2, 0.25) is 5.15 Å². The monoisotopic (exact) mass is 535 g/mol. The third-order valence-corrected chi connectivity index (χ3v) is 7.59. The molecule has 7 heteroatoms. The number of halogens is 1. The Hall–Kier alpha value is -4.00. The molecule has 6 rings (SSSR count). The van der Waals surface area contributed by atoms with Gasteiger partial charge in [-0.15, -0.1) is 0 Å². The van der Waals surface area contributed by atoms with Gasteiger partial charge in [0.2, 0.25) is 0 Å². The van der Waals surface area contributed by atoms with Gasteiger partial charge in [-0.3, -0.25) is 14.7 Å². The number of pyridine rings is 2. The van der Waals surface area contributed by atoms with Crippen molar-refractivity contribution in [2.45, 2.75) is 44.9 Å². The normalized spacial score (nSPS) is 14.9. The molecule has 0 fully saturated rings. The van der Waals surface area contributed by atoms with Crippen molar-refractivity contribution in [3.05, 3.63) is 130 Å². The summed E-state index contributed by atoms with van der Waals surface area (Å²) in [5.74, 6) is -0.171. The summed E-state index contributed by atoms with van der Waals surface area (Å²) in [6, 6.07) is 26.8. The lowest BCUT2D eigenvalue weighted by molar-refractivity contribution is 0.0950. The third kappa shape index (κ3) is 5.87. The molecule has 6 nitrogen and oxygen atoms in total. The maximum absolute atomic E-state index is 12.6. The molecule has 0 aliphatic heterocycles. The number of benzene rings is 2. The predicted octanol–water partition coefficient (Wildman–Crippen LogP) is 6.62. The van der Waals surface area contributed by atoms with E-state index in [4.69, 9.17) is 16.6 Å². The number of hydrogen-bond donors (Lipinski definition) is 2. The number of para-hydroxylation sites is 1. The second-order valence-corrected chi connectivity index (χ2v) is 10.5. The van der Waals surface area contributed by atoms with Crippen molar-refractivity contribution in [3.63, 3.8) is 0 Å². The molecule has 0 saturated heterocycles. The van der Waals surface area contributed by atoms with E-state index in [1.165, 1.54) is 34.1 Å². The fourth-order valence-corrected chi connectivity index (χ4v) is 5.73. The Balaban J connectivity index is 1.23. The molecule has 3 heterocycles. The smallest absolute Gasteiger partial charge is 0.251 e. The molecule has 1 atom stereocenters. The average molecular weight is 536 g/mol. The maximum atomic E-state index is 12.6. The minimum atomic E-state index is -0.171. The minimum Gasteiger partial charge on any atom is -0.357 e. The fourth-order valence-electron chi connectivity index (χ4n) is 5.55. The first-order chi connectivity index (χ1) is 19.1. The fraction of sp³-hybridized carbons (Fsp3) is 0.219. The number of rotatable bonds is 8. The number of hydrogen-bond acceptors (Lipinski definition) is 4. The van der Waals surface area contributed by atoms with Crippen molar-refractivity contribution in [1.29, 1.82) is 0 Å². The molecule has 1 unspecified atom stereocenters. The summed E-state index contributed by atoms with van der Waals surface area (Å²) in [5, 5.41) is 4.53. The lowest BCUT2D eigenvalue weighted by atomic mass is 9.90. The van der Waals surface area contributed by atoms with Crippen molar-refractivity contribution < 1.29 is 4.79 Å². The molecule has 39 heavy (non-hydrogen) atoms. The lowest BCUT2D eigenvalue weighted by Crippen LogP contribution is -2.31. The number of aromatic nitrogens is 3. The molecule has 2 aromatic carbocycles. The Bertz CT molecular complexity index is 1580. The third-order valence-electron chi connectivity index (χ3n) is 7.38. The van der Waals surface area contributed by atoms with Gasteiger partial charge in [0.05, 0.1) is 11.7 Å². The van der Waals surface area contributed by atoms with Crippen LogP contribution in [-0.2, 0) is 26.1 Å².